The number of anilines is 1. The highest BCUT2D eigenvalue weighted by Gasteiger charge is 2.16. The summed E-state index contributed by atoms with van der Waals surface area (Å²) < 4.78 is 5.31. The van der Waals surface area contributed by atoms with Crippen molar-refractivity contribution in [3.05, 3.63) is 40.4 Å². The number of benzene rings is 1. The Morgan fingerprint density at radius 1 is 1.39 bits per heavy atom. The fourth-order valence-corrected chi connectivity index (χ4v) is 3.66. The second-order valence-electron chi connectivity index (χ2n) is 5.55. The number of aromatic hydroxyl groups is 1. The lowest BCUT2D eigenvalue weighted by Gasteiger charge is -2.17. The minimum atomic E-state index is 0.244. The van der Waals surface area contributed by atoms with Gasteiger partial charge in [-0.2, -0.15) is 0 Å². The molecule has 1 aromatic heterocycles. The second-order valence-corrected chi connectivity index (χ2v) is 6.67. The molecule has 5 nitrogen and oxygen atoms in total. The van der Waals surface area contributed by atoms with Crippen LogP contribution in [0.3, 0.4) is 0 Å². The maximum Gasteiger partial charge on any atom is 0.180 e. The summed E-state index contributed by atoms with van der Waals surface area (Å²) in [4.78, 5) is 8.14. The largest absolute Gasteiger partial charge is 0.508 e. The predicted molar refractivity (Wildman–Crippen MR) is 94.1 cm³/mol. The van der Waals surface area contributed by atoms with Gasteiger partial charge in [0, 0.05) is 36.5 Å². The molecule has 2 heterocycles. The maximum atomic E-state index is 9.60. The molecule has 1 aromatic carbocycles. The normalized spacial score (nSPS) is 15.5. The van der Waals surface area contributed by atoms with E-state index in [1.165, 1.54) is 4.88 Å². The Bertz CT molecular complexity index is 686. The first-order valence-electron chi connectivity index (χ1n) is 7.65. The van der Waals surface area contributed by atoms with E-state index in [0.717, 1.165) is 49.5 Å². The molecule has 1 aliphatic rings. The van der Waals surface area contributed by atoms with Crippen molar-refractivity contribution in [3.8, 4) is 11.5 Å². The van der Waals surface area contributed by atoms with Gasteiger partial charge in [-0.25, -0.2) is 4.98 Å². The highest BCUT2D eigenvalue weighted by atomic mass is 32.1. The van der Waals surface area contributed by atoms with Crippen LogP contribution in [0.1, 0.15) is 16.1 Å². The van der Waals surface area contributed by atoms with Crippen LogP contribution in [0, 0.1) is 0 Å². The van der Waals surface area contributed by atoms with E-state index in [-0.39, 0.29) is 5.75 Å². The van der Waals surface area contributed by atoms with Gasteiger partial charge in [0.05, 0.1) is 12.8 Å². The molecule has 0 fully saturated rings. The van der Waals surface area contributed by atoms with Crippen LogP contribution >= 0.6 is 11.3 Å². The van der Waals surface area contributed by atoms with Gasteiger partial charge in [0.25, 0.3) is 0 Å². The number of aromatic nitrogens is 1. The molecular formula is C17H21N3O2S. The van der Waals surface area contributed by atoms with E-state index in [1.54, 1.807) is 36.6 Å². The van der Waals surface area contributed by atoms with Crippen molar-refractivity contribution in [2.45, 2.75) is 12.8 Å². The van der Waals surface area contributed by atoms with Crippen molar-refractivity contribution in [1.82, 2.24) is 9.88 Å². The Hall–Kier alpha value is -2.05. The van der Waals surface area contributed by atoms with E-state index in [4.69, 9.17) is 10.5 Å². The SMILES string of the molecule is COc1ccc(O)cc1/C=C/CN1CCc2nc(N)sc2CC1. The molecule has 0 aliphatic carbocycles. The van der Waals surface area contributed by atoms with Crippen molar-refractivity contribution in [2.24, 2.45) is 0 Å². The summed E-state index contributed by atoms with van der Waals surface area (Å²) in [5, 5.41) is 10.3. The molecule has 3 N–H and O–H groups in total. The van der Waals surface area contributed by atoms with Crippen molar-refractivity contribution < 1.29 is 9.84 Å². The molecule has 6 heteroatoms. The average Bonchev–Trinajstić information content (AvgIpc) is 2.79. The number of nitrogens with zero attached hydrogens (tertiary/aromatic N) is 2. The second kappa shape index (κ2) is 7.02. The van der Waals surface area contributed by atoms with E-state index < -0.39 is 0 Å². The first-order valence-corrected chi connectivity index (χ1v) is 8.47. The van der Waals surface area contributed by atoms with Crippen molar-refractivity contribution in [2.75, 3.05) is 32.5 Å². The third-order valence-corrected chi connectivity index (χ3v) is 4.98. The maximum absolute atomic E-state index is 9.60. The molecule has 23 heavy (non-hydrogen) atoms. The molecule has 0 unspecified atom stereocenters. The van der Waals surface area contributed by atoms with Gasteiger partial charge in [-0.15, -0.1) is 11.3 Å². The van der Waals surface area contributed by atoms with Crippen molar-refractivity contribution >= 4 is 22.5 Å². The van der Waals surface area contributed by atoms with Gasteiger partial charge in [-0.05, 0) is 24.6 Å². The lowest BCUT2D eigenvalue weighted by molar-refractivity contribution is 0.318. The third kappa shape index (κ3) is 3.83. The Kier molecular flexibility index (Phi) is 4.83. The zero-order valence-electron chi connectivity index (χ0n) is 13.2. The minimum absolute atomic E-state index is 0.244. The number of fused-ring (bicyclic) bond motifs is 1. The summed E-state index contributed by atoms with van der Waals surface area (Å²) in [5.41, 5.74) is 7.82. The third-order valence-electron chi connectivity index (χ3n) is 3.99. The van der Waals surface area contributed by atoms with E-state index in [1.807, 2.05) is 6.08 Å². The van der Waals surface area contributed by atoms with E-state index in [0.29, 0.717) is 5.13 Å². The van der Waals surface area contributed by atoms with Gasteiger partial charge in [-0.1, -0.05) is 12.2 Å². The fourth-order valence-electron chi connectivity index (χ4n) is 2.79. The predicted octanol–water partition coefficient (Wildman–Crippen LogP) is 2.55. The van der Waals surface area contributed by atoms with Gasteiger partial charge in [-0.3, -0.25) is 4.90 Å². The first kappa shape index (κ1) is 15.8. The standard InChI is InChI=1S/C17H21N3O2S/c1-22-15-5-4-13(21)11-12(15)3-2-8-20-9-6-14-16(7-10-20)23-17(18)19-14/h2-5,11,21H,6-10H2,1H3,(H2,18,19)/b3-2+. The number of phenols is 1. The average molecular weight is 331 g/mol. The Balaban J connectivity index is 1.61. The number of phenolic OH excluding ortho intramolecular Hbond substituents is 1. The Labute approximate surface area is 140 Å². The highest BCUT2D eigenvalue weighted by Crippen LogP contribution is 2.25. The lowest BCUT2D eigenvalue weighted by Crippen LogP contribution is -2.26. The monoisotopic (exact) mass is 331 g/mol. The van der Waals surface area contributed by atoms with Crippen LogP contribution in [0.5, 0.6) is 11.5 Å². The quantitative estimate of drug-likeness (QED) is 0.901. The van der Waals surface area contributed by atoms with Crippen LogP contribution in [-0.4, -0.2) is 41.7 Å². The zero-order valence-corrected chi connectivity index (χ0v) is 14.0. The van der Waals surface area contributed by atoms with Crippen LogP contribution in [-0.2, 0) is 12.8 Å². The Morgan fingerprint density at radius 2 is 2.22 bits per heavy atom. The van der Waals surface area contributed by atoms with Crippen LogP contribution in [0.15, 0.2) is 24.3 Å². The van der Waals surface area contributed by atoms with Crippen LogP contribution in [0.2, 0.25) is 0 Å². The summed E-state index contributed by atoms with van der Waals surface area (Å²) in [6.07, 6.45) is 6.06. The molecule has 0 amide bonds. The number of ether oxygens (including phenoxy) is 1. The molecule has 0 saturated carbocycles. The number of rotatable bonds is 4. The van der Waals surface area contributed by atoms with Crippen LogP contribution in [0.4, 0.5) is 5.13 Å². The van der Waals surface area contributed by atoms with E-state index in [9.17, 15) is 5.11 Å². The molecule has 3 rings (SSSR count). The number of thiazole rings is 1. The van der Waals surface area contributed by atoms with E-state index in [2.05, 4.69) is 16.0 Å². The number of nitrogen functional groups attached to an aromatic ring is 1. The molecule has 1 aliphatic heterocycles. The van der Waals surface area contributed by atoms with Gasteiger partial charge in [0.15, 0.2) is 5.13 Å². The molecule has 0 saturated heterocycles. The Morgan fingerprint density at radius 3 is 3.04 bits per heavy atom. The van der Waals surface area contributed by atoms with Crippen LogP contribution in [0.25, 0.3) is 6.08 Å². The molecule has 0 radical (unpaired) electrons. The molecule has 2 aromatic rings. The molecule has 0 bridgehead atoms. The van der Waals surface area contributed by atoms with Crippen molar-refractivity contribution in [1.29, 1.82) is 0 Å². The highest BCUT2D eigenvalue weighted by molar-refractivity contribution is 7.15. The molecule has 122 valence electrons. The summed E-state index contributed by atoms with van der Waals surface area (Å²) in [5.74, 6) is 1.00. The topological polar surface area (TPSA) is 71.6 Å². The molecular weight excluding hydrogens is 310 g/mol. The number of nitrogens with two attached hydrogens (primary N) is 1. The van der Waals surface area contributed by atoms with Crippen molar-refractivity contribution in [3.63, 3.8) is 0 Å². The zero-order chi connectivity index (χ0) is 16.2. The smallest absolute Gasteiger partial charge is 0.180 e. The summed E-state index contributed by atoms with van der Waals surface area (Å²) >= 11 is 1.61. The first-order chi connectivity index (χ1) is 11.2. The molecule has 0 spiro atoms. The lowest BCUT2D eigenvalue weighted by atomic mass is 10.1. The van der Waals surface area contributed by atoms with Gasteiger partial charge < -0.3 is 15.6 Å². The number of methoxy groups -OCH3 is 1. The summed E-state index contributed by atoms with van der Waals surface area (Å²) in [6, 6.07) is 5.11. The molecule has 0 atom stereocenters. The summed E-state index contributed by atoms with van der Waals surface area (Å²) in [7, 11) is 1.63. The van der Waals surface area contributed by atoms with Gasteiger partial charge in [0.1, 0.15) is 11.5 Å². The fraction of sp³-hybridized carbons (Fsp3) is 0.353. The number of hydrogen-bond donors (Lipinski definition) is 2. The van der Waals surface area contributed by atoms with E-state index >= 15 is 0 Å². The minimum Gasteiger partial charge on any atom is -0.508 e. The van der Waals surface area contributed by atoms with Gasteiger partial charge in [0.2, 0.25) is 0 Å². The summed E-state index contributed by atoms with van der Waals surface area (Å²) in [6.45, 7) is 2.86. The van der Waals surface area contributed by atoms with Crippen LogP contribution < -0.4 is 10.5 Å². The number of hydrogen-bond acceptors (Lipinski definition) is 6. The van der Waals surface area contributed by atoms with Gasteiger partial charge >= 0.3 is 0 Å².